The molecule has 1 aliphatic rings. The first-order valence-electron chi connectivity index (χ1n) is 5.74. The average molecular weight is 295 g/mol. The topological polar surface area (TPSA) is 41.1 Å². The molecule has 1 amide bonds. The Morgan fingerprint density at radius 1 is 1.32 bits per heavy atom. The van der Waals surface area contributed by atoms with Crippen molar-refractivity contribution in [3.8, 4) is 0 Å². The summed E-state index contributed by atoms with van der Waals surface area (Å²) in [4.78, 5) is 11.6. The number of hydrogen-bond acceptors (Lipinski definition) is 2. The number of amides is 1. The smallest absolute Gasteiger partial charge is 0.257 e. The average Bonchev–Trinajstić information content (AvgIpc) is 2.77. The van der Waals surface area contributed by atoms with Crippen LogP contribution in [-0.2, 0) is 0 Å². The van der Waals surface area contributed by atoms with E-state index in [-0.39, 0.29) is 18.4 Å². The van der Waals surface area contributed by atoms with Gasteiger partial charge in [0.2, 0.25) is 0 Å². The van der Waals surface area contributed by atoms with Crippen LogP contribution < -0.4 is 10.6 Å². The van der Waals surface area contributed by atoms with Gasteiger partial charge in [0.15, 0.2) is 0 Å². The molecule has 0 aromatic heterocycles. The molecule has 0 aliphatic carbocycles. The number of hydrogen-bond donors (Lipinski definition) is 2. The zero-order valence-corrected chi connectivity index (χ0v) is 10.8. The minimum Gasteiger partial charge on any atom is -0.350 e. The Morgan fingerprint density at radius 3 is 2.47 bits per heavy atom. The second-order valence-electron chi connectivity index (χ2n) is 4.25. The van der Waals surface area contributed by atoms with Crippen LogP contribution in [0.15, 0.2) is 12.1 Å². The lowest BCUT2D eigenvalue weighted by atomic mass is 10.1. The monoisotopic (exact) mass is 294 g/mol. The summed E-state index contributed by atoms with van der Waals surface area (Å²) in [6.07, 6.45) is 1.93. The van der Waals surface area contributed by atoms with Gasteiger partial charge in [-0.05, 0) is 19.4 Å². The van der Waals surface area contributed by atoms with Crippen molar-refractivity contribution in [1.82, 2.24) is 10.6 Å². The molecule has 0 saturated carbocycles. The second-order valence-corrected chi connectivity index (χ2v) is 4.25. The van der Waals surface area contributed by atoms with Crippen LogP contribution in [0.3, 0.4) is 0 Å². The van der Waals surface area contributed by atoms with Crippen LogP contribution >= 0.6 is 12.4 Å². The Bertz CT molecular complexity index is 441. The molecule has 1 fully saturated rings. The molecule has 1 aromatic rings. The highest BCUT2D eigenvalue weighted by atomic mass is 35.5. The molecule has 1 aliphatic heterocycles. The second kappa shape index (κ2) is 6.77. The van der Waals surface area contributed by atoms with Crippen molar-refractivity contribution in [2.24, 2.45) is 0 Å². The maximum absolute atomic E-state index is 13.3. The van der Waals surface area contributed by atoms with Crippen LogP contribution in [-0.4, -0.2) is 25.0 Å². The molecule has 2 N–H and O–H groups in total. The Labute approximate surface area is 115 Å². The highest BCUT2D eigenvalue weighted by molar-refractivity contribution is 5.94. The van der Waals surface area contributed by atoms with Gasteiger partial charge >= 0.3 is 0 Å². The fraction of sp³-hybridized carbons (Fsp3) is 0.417. The summed E-state index contributed by atoms with van der Waals surface area (Å²) >= 11 is 0. The van der Waals surface area contributed by atoms with Gasteiger partial charge in [-0.3, -0.25) is 4.79 Å². The summed E-state index contributed by atoms with van der Waals surface area (Å²) in [5, 5.41) is 5.58. The highest BCUT2D eigenvalue weighted by Crippen LogP contribution is 2.14. The predicted molar refractivity (Wildman–Crippen MR) is 66.9 cm³/mol. The zero-order valence-electron chi connectivity index (χ0n) is 10.0. The highest BCUT2D eigenvalue weighted by Gasteiger charge is 2.20. The summed E-state index contributed by atoms with van der Waals surface area (Å²) in [6.45, 7) is 1.18. The summed E-state index contributed by atoms with van der Waals surface area (Å²) in [5.74, 6) is -4.29. The fourth-order valence-electron chi connectivity index (χ4n) is 1.99. The molecule has 3 nitrogen and oxygen atoms in total. The zero-order chi connectivity index (χ0) is 13.1. The van der Waals surface area contributed by atoms with Crippen molar-refractivity contribution in [1.29, 1.82) is 0 Å². The van der Waals surface area contributed by atoms with Crippen LogP contribution in [0.2, 0.25) is 0 Å². The fourth-order valence-corrected chi connectivity index (χ4v) is 1.99. The first kappa shape index (κ1) is 15.8. The van der Waals surface area contributed by atoms with Gasteiger partial charge in [0.1, 0.15) is 23.0 Å². The molecule has 2 rings (SSSR count). The van der Waals surface area contributed by atoms with Crippen molar-refractivity contribution < 1.29 is 18.0 Å². The van der Waals surface area contributed by atoms with Crippen LogP contribution in [0.1, 0.15) is 23.2 Å². The van der Waals surface area contributed by atoms with Gasteiger partial charge in [-0.1, -0.05) is 0 Å². The number of halogens is 4. The lowest BCUT2D eigenvalue weighted by molar-refractivity contribution is 0.0941. The van der Waals surface area contributed by atoms with Gasteiger partial charge in [-0.15, -0.1) is 12.4 Å². The Balaban J connectivity index is 0.00000180. The van der Waals surface area contributed by atoms with Gasteiger partial charge in [0, 0.05) is 24.7 Å². The first-order valence-corrected chi connectivity index (χ1v) is 5.74. The largest absolute Gasteiger partial charge is 0.350 e. The molecular formula is C12H14ClF3N2O. The minimum absolute atomic E-state index is 0. The normalized spacial score (nSPS) is 17.9. The van der Waals surface area contributed by atoms with E-state index in [0.717, 1.165) is 19.4 Å². The lowest BCUT2D eigenvalue weighted by Crippen LogP contribution is -2.37. The van der Waals surface area contributed by atoms with Crippen LogP contribution in [0.5, 0.6) is 0 Å². The predicted octanol–water partition coefficient (Wildman–Crippen LogP) is 2.01. The minimum atomic E-state index is -1.19. The molecule has 106 valence electrons. The molecule has 7 heteroatoms. The third-order valence-corrected chi connectivity index (χ3v) is 2.91. The number of benzene rings is 1. The standard InChI is InChI=1S/C12H13F3N2O.ClH/c13-7-4-9(14)11(10(15)5-7)12(18)17-6-8-2-1-3-16-8;/h4-5,8,16H,1-3,6H2,(H,17,18);1H. The van der Waals surface area contributed by atoms with E-state index in [1.165, 1.54) is 0 Å². The lowest BCUT2D eigenvalue weighted by Gasteiger charge is -2.12. The molecule has 1 aromatic carbocycles. The molecular weight excluding hydrogens is 281 g/mol. The maximum atomic E-state index is 13.3. The van der Waals surface area contributed by atoms with E-state index < -0.39 is 28.9 Å². The Hall–Kier alpha value is -1.27. The SMILES string of the molecule is Cl.O=C(NCC1CCCN1)c1c(F)cc(F)cc1F. The third kappa shape index (κ3) is 3.84. The Kier molecular flexibility index (Phi) is 5.62. The van der Waals surface area contributed by atoms with Gasteiger partial charge in [0.05, 0.1) is 0 Å². The Morgan fingerprint density at radius 2 is 1.95 bits per heavy atom. The van der Waals surface area contributed by atoms with E-state index in [1.54, 1.807) is 0 Å². The molecule has 1 heterocycles. The van der Waals surface area contributed by atoms with E-state index in [2.05, 4.69) is 10.6 Å². The van der Waals surface area contributed by atoms with E-state index in [9.17, 15) is 18.0 Å². The van der Waals surface area contributed by atoms with Crippen molar-refractivity contribution in [2.45, 2.75) is 18.9 Å². The first-order chi connectivity index (χ1) is 8.58. The molecule has 0 radical (unpaired) electrons. The number of rotatable bonds is 3. The van der Waals surface area contributed by atoms with E-state index in [4.69, 9.17) is 0 Å². The summed E-state index contributed by atoms with van der Waals surface area (Å²) in [7, 11) is 0. The van der Waals surface area contributed by atoms with Crippen molar-refractivity contribution in [3.63, 3.8) is 0 Å². The summed E-state index contributed by atoms with van der Waals surface area (Å²) in [6, 6.07) is 1.11. The van der Waals surface area contributed by atoms with Gasteiger partial charge in [-0.25, -0.2) is 13.2 Å². The van der Waals surface area contributed by atoms with Gasteiger partial charge in [-0.2, -0.15) is 0 Å². The van der Waals surface area contributed by atoms with Crippen LogP contribution in [0.4, 0.5) is 13.2 Å². The molecule has 1 atom stereocenters. The molecule has 1 unspecified atom stereocenters. The summed E-state index contributed by atoms with van der Waals surface area (Å²) < 4.78 is 39.3. The number of nitrogens with one attached hydrogen (secondary N) is 2. The van der Waals surface area contributed by atoms with Crippen molar-refractivity contribution in [3.05, 3.63) is 35.1 Å². The van der Waals surface area contributed by atoms with Crippen LogP contribution in [0, 0.1) is 17.5 Å². The quantitative estimate of drug-likeness (QED) is 0.895. The van der Waals surface area contributed by atoms with Crippen molar-refractivity contribution >= 4 is 18.3 Å². The maximum Gasteiger partial charge on any atom is 0.257 e. The molecule has 1 saturated heterocycles. The number of carbonyl (C=O) groups is 1. The van der Waals surface area contributed by atoms with E-state index in [1.807, 2.05) is 0 Å². The van der Waals surface area contributed by atoms with E-state index in [0.29, 0.717) is 18.7 Å². The number of carbonyl (C=O) groups excluding carboxylic acids is 1. The van der Waals surface area contributed by atoms with E-state index >= 15 is 0 Å². The van der Waals surface area contributed by atoms with Gasteiger partial charge in [0.25, 0.3) is 5.91 Å². The summed E-state index contributed by atoms with van der Waals surface area (Å²) in [5.41, 5.74) is -0.741. The van der Waals surface area contributed by atoms with Crippen LogP contribution in [0.25, 0.3) is 0 Å². The molecule has 19 heavy (non-hydrogen) atoms. The van der Waals surface area contributed by atoms with Gasteiger partial charge < -0.3 is 10.6 Å². The van der Waals surface area contributed by atoms with Crippen molar-refractivity contribution in [2.75, 3.05) is 13.1 Å². The third-order valence-electron chi connectivity index (χ3n) is 2.91. The molecule has 0 spiro atoms. The molecule has 0 bridgehead atoms.